The molecule has 0 radical (unpaired) electrons. The van der Waals surface area contributed by atoms with Gasteiger partial charge in [-0.2, -0.15) is 0 Å². The Morgan fingerprint density at radius 2 is 2.05 bits per heavy atom. The highest BCUT2D eigenvalue weighted by molar-refractivity contribution is 5.97. The minimum absolute atomic E-state index is 0.0129. The molecule has 20 heavy (non-hydrogen) atoms. The van der Waals surface area contributed by atoms with E-state index in [0.29, 0.717) is 18.8 Å². The summed E-state index contributed by atoms with van der Waals surface area (Å²) in [5.41, 5.74) is 5.05. The van der Waals surface area contributed by atoms with Gasteiger partial charge >= 0.3 is 5.97 Å². The van der Waals surface area contributed by atoms with Gasteiger partial charge in [0, 0.05) is 18.4 Å². The first-order valence-electron chi connectivity index (χ1n) is 6.23. The number of carboxylic acid groups (broad SMARTS) is 1. The van der Waals surface area contributed by atoms with Crippen molar-refractivity contribution in [1.29, 1.82) is 0 Å². The molecule has 6 nitrogen and oxygen atoms in total. The number of hydrogen-bond acceptors (Lipinski definition) is 4. The molecule has 4 N–H and O–H groups in total. The summed E-state index contributed by atoms with van der Waals surface area (Å²) in [5, 5.41) is 13.8. The number of primary amides is 1. The zero-order valence-electron chi connectivity index (χ0n) is 10.8. The number of fused-ring (bicyclic) bond motifs is 1. The fourth-order valence-corrected chi connectivity index (χ4v) is 1.91. The second kappa shape index (κ2) is 6.01. The number of carbonyl (C=O) groups is 2. The molecule has 0 bridgehead atoms. The van der Waals surface area contributed by atoms with Crippen LogP contribution in [0.2, 0.25) is 0 Å². The lowest BCUT2D eigenvalue weighted by Crippen LogP contribution is -2.13. The summed E-state index contributed by atoms with van der Waals surface area (Å²) < 4.78 is 0. The molecular formula is C14H15N3O3. The van der Waals surface area contributed by atoms with E-state index in [4.69, 9.17) is 10.8 Å². The Balaban J connectivity index is 2.25. The van der Waals surface area contributed by atoms with Crippen LogP contribution in [0.3, 0.4) is 0 Å². The van der Waals surface area contributed by atoms with E-state index in [1.165, 1.54) is 6.07 Å². The molecule has 2 aromatic rings. The number of aromatic nitrogens is 1. The van der Waals surface area contributed by atoms with E-state index in [-0.39, 0.29) is 18.0 Å². The molecule has 0 saturated heterocycles. The number of anilines is 1. The molecule has 0 aliphatic rings. The fraction of sp³-hybridized carbons (Fsp3) is 0.214. The van der Waals surface area contributed by atoms with Gasteiger partial charge < -0.3 is 16.2 Å². The average molecular weight is 273 g/mol. The number of aromatic carboxylic acids is 1. The van der Waals surface area contributed by atoms with Crippen molar-refractivity contribution >= 4 is 28.5 Å². The number of rotatable bonds is 6. The summed E-state index contributed by atoms with van der Waals surface area (Å²) in [7, 11) is 0. The van der Waals surface area contributed by atoms with E-state index in [2.05, 4.69) is 10.3 Å². The molecule has 0 aliphatic heterocycles. The molecule has 0 fully saturated rings. The fourth-order valence-electron chi connectivity index (χ4n) is 1.91. The number of carboxylic acids is 1. The molecule has 1 aromatic heterocycles. The normalized spacial score (nSPS) is 10.4. The van der Waals surface area contributed by atoms with Crippen LogP contribution in [0.25, 0.3) is 10.8 Å². The second-order valence-corrected chi connectivity index (χ2v) is 4.38. The number of amides is 1. The number of benzene rings is 1. The van der Waals surface area contributed by atoms with Gasteiger partial charge in [0.25, 0.3) is 0 Å². The molecule has 0 aliphatic carbocycles. The van der Waals surface area contributed by atoms with Crippen LogP contribution < -0.4 is 11.1 Å². The second-order valence-electron chi connectivity index (χ2n) is 4.38. The zero-order chi connectivity index (χ0) is 14.5. The van der Waals surface area contributed by atoms with Gasteiger partial charge in [0.15, 0.2) is 5.69 Å². The molecule has 0 spiro atoms. The molecule has 0 saturated carbocycles. The maximum Gasteiger partial charge on any atom is 0.354 e. The highest BCUT2D eigenvalue weighted by atomic mass is 16.4. The first-order chi connectivity index (χ1) is 9.58. The molecule has 104 valence electrons. The van der Waals surface area contributed by atoms with Gasteiger partial charge in [-0.05, 0) is 17.9 Å². The lowest BCUT2D eigenvalue weighted by atomic mass is 10.1. The zero-order valence-corrected chi connectivity index (χ0v) is 10.8. The summed E-state index contributed by atoms with van der Waals surface area (Å²) in [6.07, 6.45) is 0.853. The van der Waals surface area contributed by atoms with Gasteiger partial charge in [-0.3, -0.25) is 4.79 Å². The molecule has 2 rings (SSSR count). The van der Waals surface area contributed by atoms with Gasteiger partial charge in [-0.1, -0.05) is 24.3 Å². The number of nitrogens with zero attached hydrogens (tertiary/aromatic N) is 1. The van der Waals surface area contributed by atoms with Crippen molar-refractivity contribution in [2.45, 2.75) is 12.8 Å². The third kappa shape index (κ3) is 3.23. The molecule has 0 unspecified atom stereocenters. The summed E-state index contributed by atoms with van der Waals surface area (Å²) >= 11 is 0. The van der Waals surface area contributed by atoms with Crippen molar-refractivity contribution in [1.82, 2.24) is 4.98 Å². The van der Waals surface area contributed by atoms with E-state index in [1.54, 1.807) is 0 Å². The van der Waals surface area contributed by atoms with E-state index in [9.17, 15) is 9.59 Å². The minimum atomic E-state index is -1.07. The monoisotopic (exact) mass is 273 g/mol. The first-order valence-corrected chi connectivity index (χ1v) is 6.23. The molecule has 1 heterocycles. The van der Waals surface area contributed by atoms with Crippen LogP contribution in [0.1, 0.15) is 23.3 Å². The van der Waals surface area contributed by atoms with Crippen LogP contribution in [-0.2, 0) is 4.79 Å². The van der Waals surface area contributed by atoms with Gasteiger partial charge in [0.05, 0.1) is 0 Å². The van der Waals surface area contributed by atoms with Crippen molar-refractivity contribution in [2.24, 2.45) is 5.73 Å². The van der Waals surface area contributed by atoms with Gasteiger partial charge in [-0.25, -0.2) is 9.78 Å². The first kappa shape index (κ1) is 13.8. The Morgan fingerprint density at radius 1 is 1.30 bits per heavy atom. The summed E-state index contributed by atoms with van der Waals surface area (Å²) in [4.78, 5) is 25.8. The number of hydrogen-bond donors (Lipinski definition) is 3. The van der Waals surface area contributed by atoms with Crippen molar-refractivity contribution in [3.05, 3.63) is 36.0 Å². The Kier molecular flexibility index (Phi) is 4.14. The average Bonchev–Trinajstić information content (AvgIpc) is 2.42. The van der Waals surface area contributed by atoms with Crippen LogP contribution in [0.15, 0.2) is 30.3 Å². The standard InChI is InChI=1S/C14H15N3O3/c15-12(18)6-3-7-16-13-10-5-2-1-4-9(10)8-11(17-13)14(19)20/h1-2,4-5,8H,3,6-7H2,(H2,15,18)(H,16,17)(H,19,20). The van der Waals surface area contributed by atoms with Crippen molar-refractivity contribution in [3.8, 4) is 0 Å². The third-order valence-electron chi connectivity index (χ3n) is 2.85. The van der Waals surface area contributed by atoms with Crippen molar-refractivity contribution < 1.29 is 14.7 Å². The minimum Gasteiger partial charge on any atom is -0.477 e. The summed E-state index contributed by atoms with van der Waals surface area (Å²) in [6.45, 7) is 0.503. The molecule has 1 amide bonds. The van der Waals surface area contributed by atoms with Crippen molar-refractivity contribution in [3.63, 3.8) is 0 Å². The number of nitrogens with two attached hydrogens (primary N) is 1. The highest BCUT2D eigenvalue weighted by Gasteiger charge is 2.10. The quantitative estimate of drug-likeness (QED) is 0.693. The predicted molar refractivity (Wildman–Crippen MR) is 75.6 cm³/mol. The predicted octanol–water partition coefficient (Wildman–Crippen LogP) is 1.61. The van der Waals surface area contributed by atoms with E-state index >= 15 is 0 Å². The molecule has 0 atom stereocenters. The largest absolute Gasteiger partial charge is 0.477 e. The summed E-state index contributed by atoms with van der Waals surface area (Å²) in [5.74, 6) is -0.926. The molecule has 1 aromatic carbocycles. The summed E-state index contributed by atoms with van der Waals surface area (Å²) in [6, 6.07) is 8.93. The molecule has 6 heteroatoms. The Bertz CT molecular complexity index is 655. The number of pyridine rings is 1. The van der Waals surface area contributed by atoms with E-state index in [1.807, 2.05) is 24.3 Å². The van der Waals surface area contributed by atoms with Crippen molar-refractivity contribution in [2.75, 3.05) is 11.9 Å². The maximum absolute atomic E-state index is 11.1. The van der Waals surface area contributed by atoms with Gasteiger partial charge in [-0.15, -0.1) is 0 Å². The van der Waals surface area contributed by atoms with Crippen LogP contribution in [0, 0.1) is 0 Å². The van der Waals surface area contributed by atoms with Gasteiger partial charge in [0.1, 0.15) is 5.82 Å². The SMILES string of the molecule is NC(=O)CCCNc1nc(C(=O)O)cc2ccccc12. The lowest BCUT2D eigenvalue weighted by molar-refractivity contribution is -0.118. The Labute approximate surface area is 115 Å². The third-order valence-corrected chi connectivity index (χ3v) is 2.85. The maximum atomic E-state index is 11.1. The highest BCUT2D eigenvalue weighted by Crippen LogP contribution is 2.22. The molecular weight excluding hydrogens is 258 g/mol. The van der Waals surface area contributed by atoms with E-state index in [0.717, 1.165) is 10.8 Å². The Hall–Kier alpha value is -2.63. The Morgan fingerprint density at radius 3 is 2.75 bits per heavy atom. The number of carbonyl (C=O) groups excluding carboxylic acids is 1. The topological polar surface area (TPSA) is 105 Å². The van der Waals surface area contributed by atoms with Crippen LogP contribution in [-0.4, -0.2) is 28.5 Å². The van der Waals surface area contributed by atoms with E-state index < -0.39 is 5.97 Å². The van der Waals surface area contributed by atoms with Crippen LogP contribution >= 0.6 is 0 Å². The van der Waals surface area contributed by atoms with Crippen LogP contribution in [0.5, 0.6) is 0 Å². The van der Waals surface area contributed by atoms with Gasteiger partial charge in [0.2, 0.25) is 5.91 Å². The lowest BCUT2D eigenvalue weighted by Gasteiger charge is -2.09. The smallest absolute Gasteiger partial charge is 0.354 e. The number of nitrogens with one attached hydrogen (secondary N) is 1. The van der Waals surface area contributed by atoms with Crippen LogP contribution in [0.4, 0.5) is 5.82 Å².